The third-order valence-electron chi connectivity index (χ3n) is 12.4. The van der Waals surface area contributed by atoms with Gasteiger partial charge in [0.25, 0.3) is 0 Å². The van der Waals surface area contributed by atoms with Crippen molar-refractivity contribution in [2.75, 3.05) is 35.4 Å². The largest absolute Gasteiger partial charge is 0.493 e. The smallest absolute Gasteiger partial charge is 0.320 e. The van der Waals surface area contributed by atoms with Gasteiger partial charge in [0.2, 0.25) is 0 Å². The molecule has 0 radical (unpaired) electrons. The highest BCUT2D eigenvalue weighted by molar-refractivity contribution is 8.00. The number of ether oxygens (including phenoxy) is 8. The fraction of sp³-hybridized carbons (Fsp3) is 0.762. The molecule has 1 N–H and O–H groups in total. The van der Waals surface area contributed by atoms with E-state index in [2.05, 4.69) is 0 Å². The molecule has 4 rings (SSSR count). The second-order valence-electron chi connectivity index (χ2n) is 16.7. The lowest BCUT2D eigenvalue weighted by Crippen LogP contribution is -2.60. The molecule has 1 aromatic carbocycles. The van der Waals surface area contributed by atoms with Gasteiger partial charge in [0.1, 0.15) is 17.1 Å². The molecule has 3 heterocycles. The van der Waals surface area contributed by atoms with Crippen LogP contribution in [0.4, 0.5) is 0 Å². The number of likely N-dealkylation sites (N-methyl/N-ethyl adjacent to an activating group) is 1. The van der Waals surface area contributed by atoms with Crippen LogP contribution in [0, 0.1) is 29.6 Å². The number of methoxy groups -OCH3 is 3. The molecule has 3 fully saturated rings. The molecule has 14 nitrogen and oxygen atoms in total. The van der Waals surface area contributed by atoms with Crippen LogP contribution in [0.5, 0.6) is 11.5 Å². The van der Waals surface area contributed by atoms with Crippen molar-refractivity contribution in [2.45, 2.75) is 146 Å². The van der Waals surface area contributed by atoms with Crippen molar-refractivity contribution in [3.05, 3.63) is 18.2 Å². The van der Waals surface area contributed by atoms with Crippen LogP contribution in [0.25, 0.3) is 0 Å². The van der Waals surface area contributed by atoms with E-state index in [1.807, 2.05) is 45.8 Å². The number of nitrogens with zero attached hydrogens (tertiary/aromatic N) is 1. The van der Waals surface area contributed by atoms with Crippen molar-refractivity contribution in [1.29, 1.82) is 0 Å². The Balaban J connectivity index is 1.82. The molecule has 3 aliphatic heterocycles. The number of benzene rings is 1. The fourth-order valence-electron chi connectivity index (χ4n) is 9.19. The number of Topliss-reactive ketones (excluding diaryl/α,β-unsaturated/α-hetero) is 1. The van der Waals surface area contributed by atoms with Crippen LogP contribution in [-0.2, 0) is 47.6 Å². The van der Waals surface area contributed by atoms with Crippen LogP contribution in [0.2, 0.25) is 0 Å². The third-order valence-corrected chi connectivity index (χ3v) is 13.7. The van der Waals surface area contributed by atoms with E-state index in [4.69, 9.17) is 37.9 Å². The third kappa shape index (κ3) is 9.75. The van der Waals surface area contributed by atoms with E-state index in [0.717, 1.165) is 0 Å². The number of carbonyl (C=O) groups excluding carboxylic acids is 4. The van der Waals surface area contributed by atoms with Crippen LogP contribution in [-0.4, -0.2) is 128 Å². The maximum atomic E-state index is 14.8. The molecule has 0 aromatic heterocycles. The standard InChI is InChI=1S/C42H65NO13S/c1-15-31-42(9)32(36(39(48)56-42)57-27-16-17-29(49-12)30(19-27)50-13)23(4)33(45)21(2)20-41(8,51-14)37(24(5)34(46)25(6)38(47)54-31)55-40-35(53-26(7)44)28(43(10)11)18-22(3)52-40/h16-17,19,21-25,28,31-32,34-37,40,46H,15,18,20H2,1-14H3/t21-,22-,23-,24+,25-,28+,31-,32+,34+,35-,36+,37-,40+,41-,42-/m1/s1. The predicted octanol–water partition coefficient (Wildman–Crippen LogP) is 5.08. The zero-order chi connectivity index (χ0) is 42.7. The number of fused-ring (bicyclic) bond motifs is 1. The van der Waals surface area contributed by atoms with E-state index in [1.165, 1.54) is 40.0 Å². The molecule has 0 aliphatic carbocycles. The Morgan fingerprint density at radius 2 is 1.63 bits per heavy atom. The summed E-state index contributed by atoms with van der Waals surface area (Å²) in [6.45, 7) is 15.5. The first-order chi connectivity index (χ1) is 26.7. The Morgan fingerprint density at radius 1 is 0.982 bits per heavy atom. The Labute approximate surface area is 342 Å². The molecule has 3 saturated heterocycles. The second kappa shape index (κ2) is 19.0. The maximum Gasteiger partial charge on any atom is 0.320 e. The Morgan fingerprint density at radius 3 is 2.19 bits per heavy atom. The fourth-order valence-corrected chi connectivity index (χ4v) is 10.6. The van der Waals surface area contributed by atoms with Gasteiger partial charge in [-0.05, 0) is 79.3 Å². The minimum Gasteiger partial charge on any atom is -0.493 e. The lowest BCUT2D eigenvalue weighted by atomic mass is 9.70. The number of thioether (sulfide) groups is 1. The van der Waals surface area contributed by atoms with Crippen molar-refractivity contribution in [1.82, 2.24) is 4.90 Å². The van der Waals surface area contributed by atoms with Crippen molar-refractivity contribution in [3.8, 4) is 11.5 Å². The molecular formula is C42H65NO13S. The summed E-state index contributed by atoms with van der Waals surface area (Å²) in [5.74, 6) is -4.94. The number of carbonyl (C=O) groups is 4. The molecule has 3 aliphatic rings. The van der Waals surface area contributed by atoms with E-state index in [1.54, 1.807) is 46.8 Å². The monoisotopic (exact) mass is 823 g/mol. The van der Waals surface area contributed by atoms with Gasteiger partial charge >= 0.3 is 17.9 Å². The summed E-state index contributed by atoms with van der Waals surface area (Å²) in [5.41, 5.74) is -2.66. The summed E-state index contributed by atoms with van der Waals surface area (Å²) >= 11 is 1.25. The SMILES string of the molecule is CC[C@H]1OC(=O)[C@H](C)[C@@H](O)[C@H](C)[C@@H](O[C@@H]2O[C@H](C)C[C@H](N(C)C)[C@H]2OC(C)=O)[C@](C)(OC)C[C@@H](C)C(=O)[C@H](C)[C@H]2[C@H](Sc3ccc(OC)c(OC)c3)C(=O)O[C@@]21C. The number of hydrogen-bond acceptors (Lipinski definition) is 15. The van der Waals surface area contributed by atoms with Crippen molar-refractivity contribution >= 4 is 35.5 Å². The van der Waals surface area contributed by atoms with Crippen LogP contribution < -0.4 is 9.47 Å². The molecule has 15 heteroatoms. The number of aliphatic hydroxyl groups is 1. The molecule has 0 unspecified atom stereocenters. The quantitative estimate of drug-likeness (QED) is 0.245. The Bertz CT molecular complexity index is 1590. The van der Waals surface area contributed by atoms with E-state index in [-0.39, 0.29) is 30.8 Å². The zero-order valence-electron chi connectivity index (χ0n) is 36.1. The number of ketones is 1. The number of aliphatic hydroxyl groups excluding tert-OH is 1. The Hall–Kier alpha value is -2.95. The van der Waals surface area contributed by atoms with Gasteiger partial charge in [-0.2, -0.15) is 0 Å². The van der Waals surface area contributed by atoms with Gasteiger partial charge in [-0.3, -0.25) is 19.2 Å². The average molecular weight is 824 g/mol. The number of hydrogen-bond donors (Lipinski definition) is 1. The van der Waals surface area contributed by atoms with Crippen LogP contribution in [0.15, 0.2) is 23.1 Å². The summed E-state index contributed by atoms with van der Waals surface area (Å²) in [5, 5.41) is 11.2. The van der Waals surface area contributed by atoms with Crippen LogP contribution in [0.3, 0.4) is 0 Å². The van der Waals surface area contributed by atoms with Crippen molar-refractivity contribution < 1.29 is 62.2 Å². The highest BCUT2D eigenvalue weighted by atomic mass is 32.2. The minimum atomic E-state index is -1.40. The molecule has 0 amide bonds. The van der Waals surface area contributed by atoms with Gasteiger partial charge in [-0.25, -0.2) is 0 Å². The summed E-state index contributed by atoms with van der Waals surface area (Å²) in [7, 11) is 8.35. The predicted molar refractivity (Wildman–Crippen MR) is 212 cm³/mol. The molecule has 1 aromatic rings. The summed E-state index contributed by atoms with van der Waals surface area (Å²) < 4.78 is 48.6. The molecular weight excluding hydrogens is 759 g/mol. The highest BCUT2D eigenvalue weighted by Gasteiger charge is 2.62. The van der Waals surface area contributed by atoms with Gasteiger partial charge in [-0.15, -0.1) is 11.8 Å². The van der Waals surface area contributed by atoms with Crippen molar-refractivity contribution in [3.63, 3.8) is 0 Å². The minimum absolute atomic E-state index is 0.133. The number of cyclic esters (lactones) is 1. The first-order valence-electron chi connectivity index (χ1n) is 19.9. The van der Waals surface area contributed by atoms with Gasteiger partial charge in [0.05, 0.1) is 50.1 Å². The molecule has 0 bridgehead atoms. The molecule has 322 valence electrons. The number of esters is 3. The van der Waals surface area contributed by atoms with E-state index in [9.17, 15) is 24.3 Å². The lowest BCUT2D eigenvalue weighted by molar-refractivity contribution is -0.303. The average Bonchev–Trinajstić information content (AvgIpc) is 3.42. The van der Waals surface area contributed by atoms with Crippen LogP contribution in [0.1, 0.15) is 81.6 Å². The lowest BCUT2D eigenvalue weighted by Gasteiger charge is -2.48. The number of rotatable bonds is 10. The van der Waals surface area contributed by atoms with Gasteiger partial charge in [-0.1, -0.05) is 27.7 Å². The van der Waals surface area contributed by atoms with Gasteiger partial charge < -0.3 is 47.9 Å². The topological polar surface area (TPSA) is 166 Å². The molecule has 0 saturated carbocycles. The van der Waals surface area contributed by atoms with Crippen LogP contribution >= 0.6 is 11.8 Å². The van der Waals surface area contributed by atoms with Gasteiger partial charge in [0, 0.05) is 42.6 Å². The maximum absolute atomic E-state index is 14.8. The molecule has 0 spiro atoms. The normalized spacial score (nSPS) is 39.4. The summed E-state index contributed by atoms with van der Waals surface area (Å²) in [4.78, 5) is 58.0. The first-order valence-corrected chi connectivity index (χ1v) is 20.8. The van der Waals surface area contributed by atoms with E-state index < -0.39 is 94.7 Å². The highest BCUT2D eigenvalue weighted by Crippen LogP contribution is 2.51. The van der Waals surface area contributed by atoms with E-state index in [0.29, 0.717) is 22.8 Å². The summed E-state index contributed by atoms with van der Waals surface area (Å²) in [6, 6.07) is 5.06. The summed E-state index contributed by atoms with van der Waals surface area (Å²) in [6.07, 6.45) is -4.50. The van der Waals surface area contributed by atoms with E-state index >= 15 is 0 Å². The Kier molecular flexibility index (Phi) is 15.6. The molecule has 15 atom stereocenters. The first kappa shape index (κ1) is 46.7. The zero-order valence-corrected chi connectivity index (χ0v) is 36.9. The van der Waals surface area contributed by atoms with Crippen molar-refractivity contribution in [2.24, 2.45) is 29.6 Å². The van der Waals surface area contributed by atoms with Gasteiger partial charge in [0.15, 0.2) is 29.5 Å². The molecule has 57 heavy (non-hydrogen) atoms. The second-order valence-corrected chi connectivity index (χ2v) is 17.9.